The van der Waals surface area contributed by atoms with Gasteiger partial charge in [0.05, 0.1) is 0 Å². The third-order valence-corrected chi connectivity index (χ3v) is 1.13. The zero-order valence-electron chi connectivity index (χ0n) is 7.20. The van der Waals surface area contributed by atoms with Gasteiger partial charge in [-0.3, -0.25) is 4.79 Å². The van der Waals surface area contributed by atoms with Crippen LogP contribution < -0.4 is 0 Å². The third-order valence-electron chi connectivity index (χ3n) is 1.13. The Kier molecular flexibility index (Phi) is 4.81. The maximum Gasteiger partial charge on any atom is 0.304 e. The number of hydrogen-bond donors (Lipinski definition) is 1. The highest BCUT2D eigenvalue weighted by Gasteiger charge is 2.06. The quantitative estimate of drug-likeness (QED) is 0.459. The maximum absolute atomic E-state index is 10.3. The Balaban J connectivity index is 3.37. The lowest BCUT2D eigenvalue weighted by Gasteiger charge is -2.13. The van der Waals surface area contributed by atoms with E-state index in [0.717, 1.165) is 0 Å². The van der Waals surface area contributed by atoms with Crippen molar-refractivity contribution >= 4 is 5.97 Å². The Morgan fingerprint density at radius 2 is 2.18 bits per heavy atom. The molecule has 0 fully saturated rings. The Morgan fingerprint density at radius 1 is 1.64 bits per heavy atom. The fraction of sp³-hybridized carbons (Fsp3) is 0.857. The molecule has 0 radical (unpaired) electrons. The monoisotopic (exact) mass is 161 g/mol. The molecule has 11 heavy (non-hydrogen) atoms. The highest BCUT2D eigenvalue weighted by molar-refractivity contribution is 5.65. The van der Waals surface area contributed by atoms with Crippen LogP contribution in [0.2, 0.25) is 0 Å². The van der Waals surface area contributed by atoms with Crippen LogP contribution in [0.4, 0.5) is 0 Å². The molecule has 0 aromatic carbocycles. The first-order valence-electron chi connectivity index (χ1n) is 3.52. The van der Waals surface area contributed by atoms with Gasteiger partial charge in [-0.2, -0.15) is 0 Å². The second kappa shape index (κ2) is 5.09. The number of aliphatic hydroxyl groups is 1. The number of esters is 1. The van der Waals surface area contributed by atoms with Crippen LogP contribution in [0.25, 0.3) is 0 Å². The smallest absolute Gasteiger partial charge is 0.304 e. The molecule has 1 atom stereocenters. The number of ether oxygens (including phenoxy) is 1. The van der Waals surface area contributed by atoms with Gasteiger partial charge in [-0.1, -0.05) is 0 Å². The van der Waals surface area contributed by atoms with Crippen molar-refractivity contribution < 1.29 is 14.6 Å². The molecule has 4 nitrogen and oxygen atoms in total. The second-order valence-electron chi connectivity index (χ2n) is 2.66. The molecule has 0 saturated heterocycles. The summed E-state index contributed by atoms with van der Waals surface area (Å²) < 4.78 is 4.49. The summed E-state index contributed by atoms with van der Waals surface area (Å²) in [6, 6.07) is 0. The van der Waals surface area contributed by atoms with E-state index >= 15 is 0 Å². The summed E-state index contributed by atoms with van der Waals surface area (Å²) in [4.78, 5) is 12.2. The lowest BCUT2D eigenvalue weighted by molar-refractivity contribution is -0.166. The predicted octanol–water partition coefficient (Wildman–Crippen LogP) is -0.180. The van der Waals surface area contributed by atoms with Crippen molar-refractivity contribution in [2.24, 2.45) is 0 Å². The predicted molar refractivity (Wildman–Crippen MR) is 40.9 cm³/mol. The molecule has 0 bridgehead atoms. The van der Waals surface area contributed by atoms with Crippen LogP contribution >= 0.6 is 0 Å². The average molecular weight is 161 g/mol. The number of aliphatic hydroxyl groups excluding tert-OH is 1. The molecule has 0 aliphatic heterocycles. The first kappa shape index (κ1) is 10.4. The molecule has 0 amide bonds. The lowest BCUT2D eigenvalue weighted by Crippen LogP contribution is -2.22. The lowest BCUT2D eigenvalue weighted by atomic mass is 10.4. The SMILES string of the molecule is CC(=O)OC(O)CCN(C)C. The summed E-state index contributed by atoms with van der Waals surface area (Å²) in [6.45, 7) is 1.98. The number of carbonyl (C=O) groups is 1. The van der Waals surface area contributed by atoms with Gasteiger partial charge in [0, 0.05) is 19.9 Å². The zero-order chi connectivity index (χ0) is 8.85. The van der Waals surface area contributed by atoms with Crippen LogP contribution in [0.15, 0.2) is 0 Å². The first-order chi connectivity index (χ1) is 5.02. The molecule has 66 valence electrons. The van der Waals surface area contributed by atoms with Crippen LogP contribution in [0.5, 0.6) is 0 Å². The van der Waals surface area contributed by atoms with Crippen molar-refractivity contribution in [2.75, 3.05) is 20.6 Å². The van der Waals surface area contributed by atoms with Gasteiger partial charge in [-0.25, -0.2) is 0 Å². The highest BCUT2D eigenvalue weighted by Crippen LogP contribution is 1.95. The van der Waals surface area contributed by atoms with Crippen molar-refractivity contribution in [3.05, 3.63) is 0 Å². The van der Waals surface area contributed by atoms with E-state index in [0.29, 0.717) is 13.0 Å². The van der Waals surface area contributed by atoms with Crippen LogP contribution in [-0.4, -0.2) is 42.9 Å². The molecule has 0 saturated carbocycles. The van der Waals surface area contributed by atoms with Crippen molar-refractivity contribution in [2.45, 2.75) is 19.6 Å². The molecule has 0 aromatic heterocycles. The van der Waals surface area contributed by atoms with Gasteiger partial charge in [0.2, 0.25) is 6.29 Å². The van der Waals surface area contributed by atoms with Crippen LogP contribution in [-0.2, 0) is 9.53 Å². The first-order valence-corrected chi connectivity index (χ1v) is 3.52. The third kappa shape index (κ3) is 7.29. The summed E-state index contributed by atoms with van der Waals surface area (Å²) in [7, 11) is 3.78. The summed E-state index contributed by atoms with van der Waals surface area (Å²) >= 11 is 0. The van der Waals surface area contributed by atoms with E-state index in [9.17, 15) is 4.79 Å². The van der Waals surface area contributed by atoms with E-state index in [1.807, 2.05) is 19.0 Å². The minimum absolute atomic E-state index is 0.448. The molecule has 0 heterocycles. The fourth-order valence-corrected chi connectivity index (χ4v) is 0.619. The van der Waals surface area contributed by atoms with Crippen LogP contribution in [0, 0.1) is 0 Å². The molecule has 0 spiro atoms. The van der Waals surface area contributed by atoms with E-state index < -0.39 is 12.3 Å². The van der Waals surface area contributed by atoms with Crippen molar-refractivity contribution in [1.82, 2.24) is 4.90 Å². The van der Waals surface area contributed by atoms with Gasteiger partial charge >= 0.3 is 5.97 Å². The van der Waals surface area contributed by atoms with Gasteiger partial charge < -0.3 is 14.7 Å². The molecule has 0 aromatic rings. The Hall–Kier alpha value is -0.610. The van der Waals surface area contributed by atoms with Crippen molar-refractivity contribution in [1.29, 1.82) is 0 Å². The largest absolute Gasteiger partial charge is 0.436 e. The number of nitrogens with zero attached hydrogens (tertiary/aromatic N) is 1. The highest BCUT2D eigenvalue weighted by atomic mass is 16.6. The molecule has 0 rings (SSSR count). The van der Waals surface area contributed by atoms with Gasteiger partial charge in [0.1, 0.15) is 0 Å². The minimum atomic E-state index is -0.963. The van der Waals surface area contributed by atoms with Crippen molar-refractivity contribution in [3.63, 3.8) is 0 Å². The van der Waals surface area contributed by atoms with E-state index in [2.05, 4.69) is 4.74 Å². The summed E-state index contributed by atoms with van der Waals surface area (Å²) in [6.07, 6.45) is -0.512. The molecule has 0 aliphatic carbocycles. The van der Waals surface area contributed by atoms with Gasteiger partial charge in [-0.05, 0) is 14.1 Å². The Morgan fingerprint density at radius 3 is 2.55 bits per heavy atom. The Bertz CT molecular complexity index is 125. The van der Waals surface area contributed by atoms with E-state index in [1.165, 1.54) is 6.92 Å². The summed E-state index contributed by atoms with van der Waals surface area (Å²) in [5.74, 6) is -0.448. The topological polar surface area (TPSA) is 49.8 Å². The standard InChI is InChI=1S/C7H15NO3/c1-6(9)11-7(10)4-5-8(2)3/h7,10H,4-5H2,1-3H3. The number of hydrogen-bond acceptors (Lipinski definition) is 4. The van der Waals surface area contributed by atoms with Gasteiger partial charge in [0.25, 0.3) is 0 Å². The summed E-state index contributed by atoms with van der Waals surface area (Å²) in [5.41, 5.74) is 0. The maximum atomic E-state index is 10.3. The van der Waals surface area contributed by atoms with Crippen LogP contribution in [0.1, 0.15) is 13.3 Å². The van der Waals surface area contributed by atoms with E-state index in [4.69, 9.17) is 5.11 Å². The van der Waals surface area contributed by atoms with Gasteiger partial charge in [-0.15, -0.1) is 0 Å². The van der Waals surface area contributed by atoms with E-state index in [1.54, 1.807) is 0 Å². The fourth-order valence-electron chi connectivity index (χ4n) is 0.619. The second-order valence-corrected chi connectivity index (χ2v) is 2.66. The molecular formula is C7H15NO3. The number of carbonyl (C=O) groups excluding carboxylic acids is 1. The van der Waals surface area contributed by atoms with E-state index in [-0.39, 0.29) is 0 Å². The minimum Gasteiger partial charge on any atom is -0.436 e. The molecular weight excluding hydrogens is 146 g/mol. The molecule has 0 aliphatic rings. The average Bonchev–Trinajstić information content (AvgIpc) is 1.82. The molecule has 1 N–H and O–H groups in total. The van der Waals surface area contributed by atoms with Crippen LogP contribution in [0.3, 0.4) is 0 Å². The van der Waals surface area contributed by atoms with Crippen molar-refractivity contribution in [3.8, 4) is 0 Å². The number of rotatable bonds is 4. The zero-order valence-corrected chi connectivity index (χ0v) is 7.20. The normalized spacial score (nSPS) is 13.2. The molecule has 4 heteroatoms. The molecule has 1 unspecified atom stereocenters. The Labute approximate surface area is 66.8 Å². The van der Waals surface area contributed by atoms with Gasteiger partial charge in [0.15, 0.2) is 0 Å². The summed E-state index contributed by atoms with van der Waals surface area (Å²) in [5, 5.41) is 9.00.